The number of carbonyl (C=O) groups excluding carboxylic acids is 3. The van der Waals surface area contributed by atoms with Crippen molar-refractivity contribution in [2.24, 2.45) is 0 Å². The van der Waals surface area contributed by atoms with Gasteiger partial charge < -0.3 is 14.8 Å². The number of sulfone groups is 1. The molecule has 0 saturated heterocycles. The van der Waals surface area contributed by atoms with Gasteiger partial charge in [0.2, 0.25) is 9.84 Å². The standard InChI is InChI=1S/C16H19F2NO7S/c1-2-25-14(21)4-3-9-19-13(20)10-26-15(22)11-5-7-12(8-6-11)27(23,24)16(17)18/h5-8,16H,2-4,9-10H2,1H3,(H,19,20). The summed E-state index contributed by atoms with van der Waals surface area (Å²) in [4.78, 5) is 33.8. The summed E-state index contributed by atoms with van der Waals surface area (Å²) in [5.41, 5.74) is -0.0988. The van der Waals surface area contributed by atoms with E-state index in [1.807, 2.05) is 0 Å². The second-order valence-corrected chi connectivity index (χ2v) is 7.08. The van der Waals surface area contributed by atoms with Crippen LogP contribution in [0.2, 0.25) is 0 Å². The van der Waals surface area contributed by atoms with E-state index >= 15 is 0 Å². The lowest BCUT2D eigenvalue weighted by Crippen LogP contribution is -2.30. The van der Waals surface area contributed by atoms with Crippen molar-refractivity contribution in [2.45, 2.75) is 30.4 Å². The number of ether oxygens (including phenoxy) is 2. The number of alkyl halides is 2. The van der Waals surface area contributed by atoms with E-state index in [9.17, 15) is 31.6 Å². The van der Waals surface area contributed by atoms with Crippen molar-refractivity contribution in [1.29, 1.82) is 0 Å². The Kier molecular flexibility index (Phi) is 8.79. The van der Waals surface area contributed by atoms with Gasteiger partial charge in [-0.05, 0) is 37.6 Å². The van der Waals surface area contributed by atoms with Gasteiger partial charge in [-0.2, -0.15) is 8.78 Å². The van der Waals surface area contributed by atoms with Crippen LogP contribution in [0.25, 0.3) is 0 Å². The minimum atomic E-state index is -4.75. The molecule has 0 radical (unpaired) electrons. The summed E-state index contributed by atoms with van der Waals surface area (Å²) < 4.78 is 56.9. The van der Waals surface area contributed by atoms with Crippen molar-refractivity contribution in [2.75, 3.05) is 19.8 Å². The fourth-order valence-electron chi connectivity index (χ4n) is 1.84. The average molecular weight is 407 g/mol. The number of nitrogens with one attached hydrogen (secondary N) is 1. The Bertz CT molecular complexity index is 763. The molecule has 0 unspecified atom stereocenters. The van der Waals surface area contributed by atoms with Crippen molar-refractivity contribution >= 4 is 27.7 Å². The third-order valence-corrected chi connectivity index (χ3v) is 4.57. The fourth-order valence-corrected chi connectivity index (χ4v) is 2.56. The molecule has 0 aliphatic carbocycles. The first kappa shape index (κ1) is 22.5. The molecule has 0 aliphatic rings. The molecule has 1 N–H and O–H groups in total. The van der Waals surface area contributed by atoms with Crippen molar-refractivity contribution in [1.82, 2.24) is 5.32 Å². The Morgan fingerprint density at radius 3 is 2.30 bits per heavy atom. The second-order valence-electron chi connectivity index (χ2n) is 5.16. The van der Waals surface area contributed by atoms with Gasteiger partial charge in [0.1, 0.15) is 0 Å². The molecule has 0 saturated carbocycles. The monoisotopic (exact) mass is 407 g/mol. The van der Waals surface area contributed by atoms with E-state index in [1.54, 1.807) is 6.92 Å². The second kappa shape index (κ2) is 10.6. The molecule has 1 amide bonds. The lowest BCUT2D eigenvalue weighted by molar-refractivity contribution is -0.143. The smallest absolute Gasteiger partial charge is 0.341 e. The quantitative estimate of drug-likeness (QED) is 0.459. The van der Waals surface area contributed by atoms with Gasteiger partial charge in [-0.1, -0.05) is 0 Å². The number of carbonyl (C=O) groups is 3. The van der Waals surface area contributed by atoms with Crippen LogP contribution in [0.3, 0.4) is 0 Å². The highest BCUT2D eigenvalue weighted by atomic mass is 32.2. The predicted octanol–water partition coefficient (Wildman–Crippen LogP) is 1.30. The van der Waals surface area contributed by atoms with E-state index in [1.165, 1.54) is 0 Å². The number of halogens is 2. The number of esters is 2. The van der Waals surface area contributed by atoms with Crippen molar-refractivity contribution in [3.63, 3.8) is 0 Å². The minimum absolute atomic E-state index is 0.0988. The molecule has 1 aromatic rings. The molecule has 8 nitrogen and oxygen atoms in total. The molecule has 0 fully saturated rings. The van der Waals surface area contributed by atoms with Crippen LogP contribution in [0.5, 0.6) is 0 Å². The van der Waals surface area contributed by atoms with Gasteiger partial charge >= 0.3 is 17.7 Å². The highest BCUT2D eigenvalue weighted by Crippen LogP contribution is 2.18. The first-order chi connectivity index (χ1) is 12.7. The van der Waals surface area contributed by atoms with Crippen LogP contribution >= 0.6 is 0 Å². The van der Waals surface area contributed by atoms with E-state index in [-0.39, 0.29) is 31.1 Å². The molecule has 0 bridgehead atoms. The maximum atomic E-state index is 12.4. The van der Waals surface area contributed by atoms with Gasteiger partial charge in [-0.3, -0.25) is 9.59 Å². The number of rotatable bonds is 10. The van der Waals surface area contributed by atoms with Gasteiger partial charge in [-0.15, -0.1) is 0 Å². The first-order valence-corrected chi connectivity index (χ1v) is 9.44. The van der Waals surface area contributed by atoms with Gasteiger partial charge in [0.25, 0.3) is 5.91 Å². The van der Waals surface area contributed by atoms with Crippen LogP contribution in [0.1, 0.15) is 30.1 Å². The zero-order chi connectivity index (χ0) is 20.4. The van der Waals surface area contributed by atoms with E-state index in [0.29, 0.717) is 6.42 Å². The summed E-state index contributed by atoms with van der Waals surface area (Å²) in [6.07, 6.45) is 0.500. The molecule has 1 rings (SSSR count). The molecule has 150 valence electrons. The number of hydrogen-bond donors (Lipinski definition) is 1. The van der Waals surface area contributed by atoms with Crippen molar-refractivity contribution in [3.05, 3.63) is 29.8 Å². The zero-order valence-electron chi connectivity index (χ0n) is 14.4. The Morgan fingerprint density at radius 2 is 1.74 bits per heavy atom. The topological polar surface area (TPSA) is 116 Å². The number of amides is 1. The average Bonchev–Trinajstić information content (AvgIpc) is 2.63. The first-order valence-electron chi connectivity index (χ1n) is 7.90. The summed E-state index contributed by atoms with van der Waals surface area (Å²) in [7, 11) is -4.75. The highest BCUT2D eigenvalue weighted by molar-refractivity contribution is 7.91. The van der Waals surface area contributed by atoms with E-state index in [2.05, 4.69) is 5.32 Å². The molecule has 0 aliphatic heterocycles. The largest absolute Gasteiger partial charge is 0.466 e. The molecule has 27 heavy (non-hydrogen) atoms. The Morgan fingerprint density at radius 1 is 1.11 bits per heavy atom. The van der Waals surface area contributed by atoms with Crippen LogP contribution in [0.15, 0.2) is 29.2 Å². The molecular weight excluding hydrogens is 388 g/mol. The van der Waals surface area contributed by atoms with Gasteiger partial charge in [0.05, 0.1) is 17.1 Å². The van der Waals surface area contributed by atoms with Gasteiger partial charge in [-0.25, -0.2) is 13.2 Å². The summed E-state index contributed by atoms with van der Waals surface area (Å²) >= 11 is 0. The van der Waals surface area contributed by atoms with Crippen LogP contribution < -0.4 is 5.32 Å². The van der Waals surface area contributed by atoms with E-state index < -0.39 is 39.0 Å². The number of benzene rings is 1. The Balaban J connectivity index is 2.42. The predicted molar refractivity (Wildman–Crippen MR) is 88.8 cm³/mol. The lowest BCUT2D eigenvalue weighted by atomic mass is 10.2. The molecule has 1 aromatic carbocycles. The molecule has 0 atom stereocenters. The molecule has 0 aromatic heterocycles. The normalized spacial score (nSPS) is 11.1. The van der Waals surface area contributed by atoms with Crippen molar-refractivity contribution in [3.8, 4) is 0 Å². The van der Waals surface area contributed by atoms with Crippen molar-refractivity contribution < 1.29 is 41.1 Å². The van der Waals surface area contributed by atoms with Gasteiger partial charge in [0.15, 0.2) is 6.61 Å². The molecule has 11 heteroatoms. The number of hydrogen-bond acceptors (Lipinski definition) is 7. The maximum absolute atomic E-state index is 12.4. The van der Waals surface area contributed by atoms with Crippen LogP contribution in [-0.2, 0) is 28.9 Å². The highest BCUT2D eigenvalue weighted by Gasteiger charge is 2.26. The van der Waals surface area contributed by atoms with E-state index in [0.717, 1.165) is 24.3 Å². The van der Waals surface area contributed by atoms with Gasteiger partial charge in [0, 0.05) is 13.0 Å². The summed E-state index contributed by atoms with van der Waals surface area (Å²) in [6.45, 7) is 1.56. The third kappa shape index (κ3) is 7.29. The summed E-state index contributed by atoms with van der Waals surface area (Å²) in [5.74, 6) is -5.46. The minimum Gasteiger partial charge on any atom is -0.466 e. The van der Waals surface area contributed by atoms with E-state index in [4.69, 9.17) is 9.47 Å². The van der Waals surface area contributed by atoms with Crippen LogP contribution in [-0.4, -0.2) is 51.8 Å². The molecule has 0 spiro atoms. The zero-order valence-corrected chi connectivity index (χ0v) is 15.3. The summed E-state index contributed by atoms with van der Waals surface area (Å²) in [6, 6.07) is 3.73. The lowest BCUT2D eigenvalue weighted by Gasteiger charge is -2.07. The summed E-state index contributed by atoms with van der Waals surface area (Å²) in [5, 5.41) is 2.44. The molecule has 0 heterocycles. The Hall–Kier alpha value is -2.56. The van der Waals surface area contributed by atoms with Crippen LogP contribution in [0, 0.1) is 0 Å². The Labute approximate surface area is 154 Å². The molecular formula is C16H19F2NO7S. The van der Waals surface area contributed by atoms with Crippen LogP contribution in [0.4, 0.5) is 8.78 Å². The fraction of sp³-hybridized carbons (Fsp3) is 0.438. The maximum Gasteiger partial charge on any atom is 0.341 e. The SMILES string of the molecule is CCOC(=O)CCCNC(=O)COC(=O)c1ccc(S(=O)(=O)C(F)F)cc1. The third-order valence-electron chi connectivity index (χ3n) is 3.17.